The normalized spacial score (nSPS) is 21.8. The number of primary amides is 1. The molecule has 0 spiro atoms. The van der Waals surface area contributed by atoms with E-state index >= 15 is 0 Å². The Hall–Kier alpha value is -2.25. The van der Waals surface area contributed by atoms with E-state index in [1.165, 1.54) is 18.5 Å². The molecule has 0 saturated carbocycles. The Bertz CT molecular complexity index is 720. The van der Waals surface area contributed by atoms with E-state index in [4.69, 9.17) is 10.2 Å². The van der Waals surface area contributed by atoms with Crippen molar-refractivity contribution < 1.29 is 18.7 Å². The van der Waals surface area contributed by atoms with Crippen LogP contribution < -0.4 is 5.73 Å². The van der Waals surface area contributed by atoms with Crippen LogP contribution in [0.3, 0.4) is 0 Å². The molecule has 1 aromatic heterocycles. The van der Waals surface area contributed by atoms with Crippen molar-refractivity contribution in [1.29, 1.82) is 0 Å². The summed E-state index contributed by atoms with van der Waals surface area (Å²) < 4.78 is 19.5. The highest BCUT2D eigenvalue weighted by Gasteiger charge is 2.34. The zero-order valence-electron chi connectivity index (χ0n) is 13.2. The molecule has 0 radical (unpaired) electrons. The van der Waals surface area contributed by atoms with Crippen LogP contribution in [-0.4, -0.2) is 39.6 Å². The number of nitrogens with zero attached hydrogens (tertiary/aromatic N) is 2. The van der Waals surface area contributed by atoms with E-state index in [0.29, 0.717) is 36.5 Å². The highest BCUT2D eigenvalue weighted by atomic mass is 19.1. The predicted octanol–water partition coefficient (Wildman–Crippen LogP) is 1.68. The Morgan fingerprint density at radius 3 is 3.00 bits per heavy atom. The lowest BCUT2D eigenvalue weighted by atomic mass is 9.89. The second kappa shape index (κ2) is 6.70. The van der Waals surface area contributed by atoms with E-state index in [-0.39, 0.29) is 12.2 Å². The van der Waals surface area contributed by atoms with Gasteiger partial charge in [-0.05, 0) is 31.5 Å². The number of β-amino-alcohol motifs (C(OH)–C–C–N with tert-alkyl or cyclic N) is 1. The summed E-state index contributed by atoms with van der Waals surface area (Å²) in [5, 5.41) is 10.5. The fourth-order valence-electron chi connectivity index (χ4n) is 3.23. The molecule has 128 valence electrons. The van der Waals surface area contributed by atoms with Crippen LogP contribution in [0.4, 0.5) is 4.39 Å². The van der Waals surface area contributed by atoms with Crippen LogP contribution in [0.1, 0.15) is 24.8 Å². The van der Waals surface area contributed by atoms with Crippen molar-refractivity contribution in [3.63, 3.8) is 0 Å². The number of aliphatic hydroxyl groups is 1. The van der Waals surface area contributed by atoms with Crippen molar-refractivity contribution in [3.05, 3.63) is 42.0 Å². The monoisotopic (exact) mass is 333 g/mol. The Morgan fingerprint density at radius 2 is 2.33 bits per heavy atom. The van der Waals surface area contributed by atoms with Crippen molar-refractivity contribution in [3.8, 4) is 11.5 Å². The molecule has 1 atom stereocenters. The molecule has 1 unspecified atom stereocenters. The molecule has 6 nitrogen and oxygen atoms in total. The summed E-state index contributed by atoms with van der Waals surface area (Å²) >= 11 is 0. The second-order valence-electron chi connectivity index (χ2n) is 6.33. The first-order chi connectivity index (χ1) is 11.5. The summed E-state index contributed by atoms with van der Waals surface area (Å²) in [7, 11) is 0. The summed E-state index contributed by atoms with van der Waals surface area (Å²) in [4.78, 5) is 17.0. The summed E-state index contributed by atoms with van der Waals surface area (Å²) in [5.41, 5.74) is 5.17. The fourth-order valence-corrected chi connectivity index (χ4v) is 3.23. The molecular formula is C17H20FN3O3. The number of rotatable bonds is 5. The number of hydrogen-bond donors (Lipinski definition) is 2. The topological polar surface area (TPSA) is 92.6 Å². The minimum Gasteiger partial charge on any atom is -0.445 e. The SMILES string of the molecule is NC(=O)CC1(O)CCCN(Cc2ccc(-c3ncco3)cc2F)C1. The van der Waals surface area contributed by atoms with Crippen molar-refractivity contribution >= 4 is 5.91 Å². The van der Waals surface area contributed by atoms with Crippen LogP contribution in [0.5, 0.6) is 0 Å². The molecule has 3 rings (SSSR count). The lowest BCUT2D eigenvalue weighted by molar-refractivity contribution is -0.125. The maximum atomic E-state index is 14.4. The first kappa shape index (κ1) is 16.6. The van der Waals surface area contributed by atoms with Gasteiger partial charge in [0.05, 0.1) is 18.2 Å². The van der Waals surface area contributed by atoms with Gasteiger partial charge in [-0.1, -0.05) is 6.07 Å². The third kappa shape index (κ3) is 3.80. The second-order valence-corrected chi connectivity index (χ2v) is 6.33. The number of benzene rings is 1. The minimum atomic E-state index is -1.13. The molecular weight excluding hydrogens is 313 g/mol. The van der Waals surface area contributed by atoms with E-state index in [9.17, 15) is 14.3 Å². The molecule has 1 aromatic carbocycles. The van der Waals surface area contributed by atoms with Gasteiger partial charge in [-0.2, -0.15) is 0 Å². The number of hydrogen-bond acceptors (Lipinski definition) is 5. The maximum Gasteiger partial charge on any atom is 0.225 e. The van der Waals surface area contributed by atoms with Crippen LogP contribution in [0.25, 0.3) is 11.5 Å². The maximum absolute atomic E-state index is 14.4. The number of amides is 1. The first-order valence-electron chi connectivity index (χ1n) is 7.86. The number of oxazole rings is 1. The average molecular weight is 333 g/mol. The molecule has 2 aromatic rings. The number of likely N-dealkylation sites (tertiary alicyclic amines) is 1. The number of halogens is 1. The highest BCUT2D eigenvalue weighted by molar-refractivity contribution is 5.75. The van der Waals surface area contributed by atoms with Gasteiger partial charge >= 0.3 is 0 Å². The molecule has 1 aliphatic heterocycles. The van der Waals surface area contributed by atoms with Gasteiger partial charge in [0.25, 0.3) is 0 Å². The van der Waals surface area contributed by atoms with Crippen LogP contribution in [0.15, 0.2) is 35.1 Å². The molecule has 7 heteroatoms. The van der Waals surface area contributed by atoms with E-state index < -0.39 is 11.5 Å². The number of piperidine rings is 1. The molecule has 1 aliphatic rings. The summed E-state index contributed by atoms with van der Waals surface area (Å²) in [6.07, 6.45) is 4.13. The predicted molar refractivity (Wildman–Crippen MR) is 85.2 cm³/mol. The van der Waals surface area contributed by atoms with Crippen molar-refractivity contribution in [1.82, 2.24) is 9.88 Å². The molecule has 3 N–H and O–H groups in total. The third-order valence-corrected chi connectivity index (χ3v) is 4.26. The molecule has 24 heavy (non-hydrogen) atoms. The fraction of sp³-hybridized carbons (Fsp3) is 0.412. The van der Waals surface area contributed by atoms with Crippen molar-refractivity contribution in [2.24, 2.45) is 5.73 Å². The van der Waals surface area contributed by atoms with Gasteiger partial charge in [-0.15, -0.1) is 0 Å². The lowest BCUT2D eigenvalue weighted by Gasteiger charge is -2.38. The van der Waals surface area contributed by atoms with Crippen molar-refractivity contribution in [2.45, 2.75) is 31.4 Å². The van der Waals surface area contributed by atoms with Gasteiger partial charge in [-0.3, -0.25) is 9.69 Å². The highest BCUT2D eigenvalue weighted by Crippen LogP contribution is 2.27. The van der Waals surface area contributed by atoms with Gasteiger partial charge in [0.2, 0.25) is 11.8 Å². The number of nitrogens with two attached hydrogens (primary N) is 1. The Balaban J connectivity index is 1.70. The van der Waals surface area contributed by atoms with Crippen LogP contribution >= 0.6 is 0 Å². The average Bonchev–Trinajstić information content (AvgIpc) is 3.02. The minimum absolute atomic E-state index is 0.0743. The van der Waals surface area contributed by atoms with Crippen LogP contribution in [0, 0.1) is 5.82 Å². The molecule has 1 amide bonds. The number of carbonyl (C=O) groups excluding carboxylic acids is 1. The van der Waals surface area contributed by atoms with Gasteiger partial charge in [0.1, 0.15) is 12.1 Å². The Kier molecular flexibility index (Phi) is 4.64. The molecule has 1 fully saturated rings. The van der Waals surface area contributed by atoms with Crippen LogP contribution in [0.2, 0.25) is 0 Å². The van der Waals surface area contributed by atoms with Gasteiger partial charge in [0, 0.05) is 24.2 Å². The van der Waals surface area contributed by atoms with E-state index in [0.717, 1.165) is 13.0 Å². The van der Waals surface area contributed by atoms with E-state index in [1.807, 2.05) is 4.90 Å². The first-order valence-corrected chi connectivity index (χ1v) is 7.86. The Labute approximate surface area is 139 Å². The number of carbonyl (C=O) groups is 1. The van der Waals surface area contributed by atoms with Crippen LogP contribution in [-0.2, 0) is 11.3 Å². The van der Waals surface area contributed by atoms with E-state index in [1.54, 1.807) is 12.1 Å². The molecule has 0 aliphatic carbocycles. The largest absolute Gasteiger partial charge is 0.445 e. The standard InChI is InChI=1S/C17H20FN3O3/c18-14-8-12(16-20-5-7-24-16)2-3-13(14)10-21-6-1-4-17(23,11-21)9-15(19)22/h2-3,5,7-8,23H,1,4,6,9-11H2,(H2,19,22). The summed E-state index contributed by atoms with van der Waals surface area (Å²) in [6.45, 7) is 1.40. The molecule has 0 bridgehead atoms. The zero-order chi connectivity index (χ0) is 17.2. The van der Waals surface area contributed by atoms with Gasteiger partial charge < -0.3 is 15.3 Å². The summed E-state index contributed by atoms with van der Waals surface area (Å²) in [5.74, 6) is -0.509. The summed E-state index contributed by atoms with van der Waals surface area (Å²) in [6, 6.07) is 4.83. The Morgan fingerprint density at radius 1 is 1.50 bits per heavy atom. The van der Waals surface area contributed by atoms with Crippen molar-refractivity contribution in [2.75, 3.05) is 13.1 Å². The quantitative estimate of drug-likeness (QED) is 0.868. The zero-order valence-corrected chi connectivity index (χ0v) is 13.2. The third-order valence-electron chi connectivity index (χ3n) is 4.26. The lowest BCUT2D eigenvalue weighted by Crippen LogP contribution is -2.49. The van der Waals surface area contributed by atoms with Gasteiger partial charge in [-0.25, -0.2) is 9.37 Å². The molecule has 2 heterocycles. The van der Waals surface area contributed by atoms with E-state index in [2.05, 4.69) is 4.98 Å². The van der Waals surface area contributed by atoms with Gasteiger partial charge in [0.15, 0.2) is 0 Å². The smallest absolute Gasteiger partial charge is 0.225 e. The number of aromatic nitrogens is 1. The molecule has 1 saturated heterocycles.